The first-order valence-corrected chi connectivity index (χ1v) is 7.93. The molecular weight excluding hydrogens is 262 g/mol. The minimum absolute atomic E-state index is 0.0260. The molecule has 1 fully saturated rings. The highest BCUT2D eigenvalue weighted by molar-refractivity contribution is 5.38. The minimum Gasteiger partial charge on any atom is -0.496 e. The summed E-state index contributed by atoms with van der Waals surface area (Å²) in [7, 11) is 1.68. The predicted octanol–water partition coefficient (Wildman–Crippen LogP) is 3.23. The number of nitrogens with two attached hydrogens (primary N) is 1. The van der Waals surface area contributed by atoms with E-state index in [1.54, 1.807) is 7.11 Å². The number of aryl methyl sites for hydroxylation is 1. The van der Waals surface area contributed by atoms with E-state index in [1.807, 2.05) is 19.1 Å². The molecule has 118 valence electrons. The topological polar surface area (TPSA) is 55.5 Å². The van der Waals surface area contributed by atoms with Gasteiger partial charge in [-0.3, -0.25) is 0 Å². The van der Waals surface area contributed by atoms with Crippen molar-refractivity contribution in [2.45, 2.75) is 52.1 Å². The molecule has 21 heavy (non-hydrogen) atoms. The second kappa shape index (κ2) is 6.37. The average molecular weight is 291 g/mol. The molecule has 1 aromatic carbocycles. The van der Waals surface area contributed by atoms with Gasteiger partial charge in [0.05, 0.1) is 13.2 Å². The molecule has 3 atom stereocenters. The highest BCUT2D eigenvalue weighted by Crippen LogP contribution is 2.47. The Morgan fingerprint density at radius 3 is 2.67 bits per heavy atom. The Morgan fingerprint density at radius 1 is 1.43 bits per heavy atom. The molecule has 3 nitrogen and oxygen atoms in total. The second-order valence-corrected chi connectivity index (χ2v) is 7.05. The lowest BCUT2D eigenvalue weighted by Gasteiger charge is -2.35. The molecule has 1 aliphatic carbocycles. The van der Waals surface area contributed by atoms with Gasteiger partial charge in [0.25, 0.3) is 0 Å². The van der Waals surface area contributed by atoms with Crippen LogP contribution in [0.5, 0.6) is 5.75 Å². The first kappa shape index (κ1) is 16.3. The van der Waals surface area contributed by atoms with Crippen molar-refractivity contribution in [3.05, 3.63) is 29.3 Å². The van der Waals surface area contributed by atoms with Gasteiger partial charge in [-0.05, 0) is 48.3 Å². The Kier molecular flexibility index (Phi) is 4.95. The molecule has 3 unspecified atom stereocenters. The van der Waals surface area contributed by atoms with Gasteiger partial charge in [-0.2, -0.15) is 0 Å². The van der Waals surface area contributed by atoms with Gasteiger partial charge in [-0.1, -0.05) is 32.4 Å². The molecule has 0 bridgehead atoms. The number of benzene rings is 1. The lowest BCUT2D eigenvalue weighted by atomic mass is 9.73. The molecule has 3 heteroatoms. The fourth-order valence-corrected chi connectivity index (χ4v) is 3.81. The Bertz CT molecular complexity index is 484. The van der Waals surface area contributed by atoms with E-state index < -0.39 is 0 Å². The largest absolute Gasteiger partial charge is 0.496 e. The number of ether oxygens (including phenoxy) is 1. The van der Waals surface area contributed by atoms with Crippen LogP contribution < -0.4 is 10.5 Å². The second-order valence-electron chi connectivity index (χ2n) is 7.05. The number of aliphatic hydroxyl groups is 1. The SMILES string of the molecule is COc1cc(C(CN)C(O)C2CCCC2(C)C)ccc1C. The highest BCUT2D eigenvalue weighted by Gasteiger charge is 2.41. The van der Waals surface area contributed by atoms with Gasteiger partial charge < -0.3 is 15.6 Å². The molecule has 2 rings (SSSR count). The number of hydrogen-bond acceptors (Lipinski definition) is 3. The molecule has 1 aromatic rings. The molecule has 1 aliphatic rings. The fraction of sp³-hybridized carbons (Fsp3) is 0.667. The quantitative estimate of drug-likeness (QED) is 0.875. The summed E-state index contributed by atoms with van der Waals surface area (Å²) in [6.07, 6.45) is 3.08. The van der Waals surface area contributed by atoms with Crippen molar-refractivity contribution in [1.29, 1.82) is 0 Å². The van der Waals surface area contributed by atoms with E-state index in [0.29, 0.717) is 12.5 Å². The molecule has 0 spiro atoms. The van der Waals surface area contributed by atoms with E-state index in [0.717, 1.165) is 23.3 Å². The summed E-state index contributed by atoms with van der Waals surface area (Å²) in [6, 6.07) is 6.14. The number of hydrogen-bond donors (Lipinski definition) is 2. The van der Waals surface area contributed by atoms with Crippen molar-refractivity contribution in [1.82, 2.24) is 0 Å². The zero-order valence-corrected chi connectivity index (χ0v) is 13.7. The minimum atomic E-state index is -0.389. The van der Waals surface area contributed by atoms with Crippen molar-refractivity contribution in [2.24, 2.45) is 17.1 Å². The van der Waals surface area contributed by atoms with Gasteiger partial charge in [0.15, 0.2) is 0 Å². The number of methoxy groups -OCH3 is 1. The predicted molar refractivity (Wildman–Crippen MR) is 86.7 cm³/mol. The van der Waals surface area contributed by atoms with Gasteiger partial charge in [0.2, 0.25) is 0 Å². The molecule has 0 saturated heterocycles. The van der Waals surface area contributed by atoms with E-state index in [9.17, 15) is 5.11 Å². The van der Waals surface area contributed by atoms with Crippen LogP contribution in [0.4, 0.5) is 0 Å². The highest BCUT2D eigenvalue weighted by atomic mass is 16.5. The van der Waals surface area contributed by atoms with Crippen LogP contribution in [0.2, 0.25) is 0 Å². The van der Waals surface area contributed by atoms with Gasteiger partial charge in [-0.25, -0.2) is 0 Å². The maximum Gasteiger partial charge on any atom is 0.122 e. The van der Waals surface area contributed by atoms with Crippen LogP contribution in [0, 0.1) is 18.3 Å². The number of rotatable bonds is 5. The smallest absolute Gasteiger partial charge is 0.122 e. The van der Waals surface area contributed by atoms with Crippen molar-refractivity contribution in [3.8, 4) is 5.75 Å². The lowest BCUT2D eigenvalue weighted by molar-refractivity contribution is 0.0345. The lowest BCUT2D eigenvalue weighted by Crippen LogP contribution is -2.37. The summed E-state index contributed by atoms with van der Waals surface area (Å²) in [5.41, 5.74) is 8.37. The first-order valence-electron chi connectivity index (χ1n) is 7.93. The Labute approximate surface area is 128 Å². The van der Waals surface area contributed by atoms with E-state index >= 15 is 0 Å². The van der Waals surface area contributed by atoms with Crippen LogP contribution in [0.15, 0.2) is 18.2 Å². The third kappa shape index (κ3) is 3.24. The summed E-state index contributed by atoms with van der Waals surface area (Å²) < 4.78 is 5.40. The van der Waals surface area contributed by atoms with Gasteiger partial charge in [0.1, 0.15) is 5.75 Å². The van der Waals surface area contributed by atoms with Crippen LogP contribution in [-0.4, -0.2) is 24.9 Å². The first-order chi connectivity index (χ1) is 9.90. The van der Waals surface area contributed by atoms with Gasteiger partial charge >= 0.3 is 0 Å². The third-order valence-corrected chi connectivity index (χ3v) is 5.28. The molecular formula is C18H29NO2. The monoisotopic (exact) mass is 291 g/mol. The van der Waals surface area contributed by atoms with Crippen molar-refractivity contribution in [3.63, 3.8) is 0 Å². The summed E-state index contributed by atoms with van der Waals surface area (Å²) >= 11 is 0. The fourth-order valence-electron chi connectivity index (χ4n) is 3.81. The summed E-state index contributed by atoms with van der Waals surface area (Å²) in [5.74, 6) is 1.16. The van der Waals surface area contributed by atoms with Crippen molar-refractivity contribution < 1.29 is 9.84 Å². The summed E-state index contributed by atoms with van der Waals surface area (Å²) in [4.78, 5) is 0. The normalized spacial score (nSPS) is 23.8. The molecule has 3 N–H and O–H groups in total. The molecule has 0 aromatic heterocycles. The molecule has 1 saturated carbocycles. The average Bonchev–Trinajstić information content (AvgIpc) is 2.80. The molecule has 0 radical (unpaired) electrons. The Balaban J connectivity index is 2.27. The van der Waals surface area contributed by atoms with Gasteiger partial charge in [-0.15, -0.1) is 0 Å². The van der Waals surface area contributed by atoms with Gasteiger partial charge in [0, 0.05) is 12.5 Å². The maximum atomic E-state index is 10.9. The van der Waals surface area contributed by atoms with E-state index in [2.05, 4.69) is 19.9 Å². The maximum absolute atomic E-state index is 10.9. The zero-order chi connectivity index (χ0) is 15.6. The molecule has 0 aliphatic heterocycles. The molecule has 0 heterocycles. The summed E-state index contributed by atoms with van der Waals surface area (Å²) in [6.45, 7) is 7.00. The van der Waals surface area contributed by atoms with E-state index in [1.165, 1.54) is 12.8 Å². The summed E-state index contributed by atoms with van der Waals surface area (Å²) in [5, 5.41) is 10.9. The standard InChI is InChI=1S/C18H29NO2/c1-12-7-8-13(10-16(12)21-4)14(11-19)17(20)15-6-5-9-18(15,2)3/h7-8,10,14-15,17,20H,5-6,9,11,19H2,1-4H3. The van der Waals surface area contributed by atoms with Crippen LogP contribution in [0.25, 0.3) is 0 Å². The zero-order valence-electron chi connectivity index (χ0n) is 13.7. The van der Waals surface area contributed by atoms with E-state index in [-0.39, 0.29) is 17.4 Å². The number of aliphatic hydroxyl groups excluding tert-OH is 1. The van der Waals surface area contributed by atoms with E-state index in [4.69, 9.17) is 10.5 Å². The van der Waals surface area contributed by atoms with Crippen molar-refractivity contribution in [2.75, 3.05) is 13.7 Å². The third-order valence-electron chi connectivity index (χ3n) is 5.28. The van der Waals surface area contributed by atoms with Crippen LogP contribution >= 0.6 is 0 Å². The van der Waals surface area contributed by atoms with Crippen molar-refractivity contribution >= 4 is 0 Å². The van der Waals surface area contributed by atoms with Crippen LogP contribution in [-0.2, 0) is 0 Å². The van der Waals surface area contributed by atoms with Crippen LogP contribution in [0.3, 0.4) is 0 Å². The Hall–Kier alpha value is -1.06. The molecule has 0 amide bonds. The van der Waals surface area contributed by atoms with Crippen LogP contribution in [0.1, 0.15) is 50.2 Å². The Morgan fingerprint density at radius 2 is 2.14 bits per heavy atom.